The first-order chi connectivity index (χ1) is 14.2. The highest BCUT2D eigenvalue weighted by atomic mass is 35.5. The van der Waals surface area contributed by atoms with Crippen molar-refractivity contribution < 1.29 is 8.81 Å². The summed E-state index contributed by atoms with van der Waals surface area (Å²) < 4.78 is 19.8. The molecule has 2 heterocycles. The molecule has 6 heteroatoms. The van der Waals surface area contributed by atoms with Gasteiger partial charge in [-0.25, -0.2) is 4.39 Å². The Labute approximate surface area is 172 Å². The smallest absolute Gasteiger partial charge is 0.247 e. The van der Waals surface area contributed by atoms with Gasteiger partial charge in [-0.3, -0.25) is 0 Å². The minimum atomic E-state index is -0.406. The molecule has 0 amide bonds. The summed E-state index contributed by atoms with van der Waals surface area (Å²) in [4.78, 5) is 2.19. The quantitative estimate of drug-likeness (QED) is 0.438. The van der Waals surface area contributed by atoms with Crippen LogP contribution in [0.5, 0.6) is 0 Å². The first kappa shape index (κ1) is 17.9. The van der Waals surface area contributed by atoms with E-state index in [-0.39, 0.29) is 5.82 Å². The maximum atomic E-state index is 13.7. The number of hydrogen-bond donors (Lipinski definition) is 0. The molecule has 0 unspecified atom stereocenters. The summed E-state index contributed by atoms with van der Waals surface area (Å²) >= 11 is 6.45. The average Bonchev–Trinajstić information content (AvgIpc) is 3.39. The van der Waals surface area contributed by atoms with E-state index in [1.807, 2.05) is 42.5 Å². The summed E-state index contributed by atoms with van der Waals surface area (Å²) in [7, 11) is 0. The number of benzene rings is 3. The van der Waals surface area contributed by atoms with Crippen molar-refractivity contribution >= 4 is 17.3 Å². The second-order valence-corrected chi connectivity index (χ2v) is 7.36. The summed E-state index contributed by atoms with van der Waals surface area (Å²) in [6.07, 6.45) is 0.908. The summed E-state index contributed by atoms with van der Waals surface area (Å²) in [6.45, 7) is 0.779. The Morgan fingerprint density at radius 3 is 2.59 bits per heavy atom. The Hall–Kier alpha value is -3.18. The highest BCUT2D eigenvalue weighted by Gasteiger charge is 2.33. The third-order valence-corrected chi connectivity index (χ3v) is 5.51. The molecule has 4 aromatic rings. The fourth-order valence-electron chi connectivity index (χ4n) is 3.83. The first-order valence-corrected chi connectivity index (χ1v) is 9.77. The first-order valence-electron chi connectivity index (χ1n) is 9.39. The Morgan fingerprint density at radius 2 is 1.76 bits per heavy atom. The molecule has 144 valence electrons. The van der Waals surface area contributed by atoms with Gasteiger partial charge in [-0.05, 0) is 42.3 Å². The van der Waals surface area contributed by atoms with Gasteiger partial charge in [0.2, 0.25) is 11.8 Å². The Bertz CT molecular complexity index is 1160. The van der Waals surface area contributed by atoms with E-state index >= 15 is 0 Å². The minimum Gasteiger partial charge on any atom is -0.418 e. The molecule has 5 rings (SSSR count). The van der Waals surface area contributed by atoms with Crippen LogP contribution in [0.1, 0.15) is 23.1 Å². The molecule has 0 bridgehead atoms. The summed E-state index contributed by atoms with van der Waals surface area (Å²) in [5.74, 6) is 0.486. The Balaban J connectivity index is 1.63. The SMILES string of the molecule is Fc1ccc([C@@H](c2nnc(-c3ccccc3)o2)N2CCc3ccccc32)c(Cl)c1. The molecule has 1 aliphatic heterocycles. The van der Waals surface area contributed by atoms with Gasteiger partial charge in [-0.1, -0.05) is 54.1 Å². The fourth-order valence-corrected chi connectivity index (χ4v) is 4.10. The number of nitrogens with zero attached hydrogens (tertiary/aromatic N) is 3. The van der Waals surface area contributed by atoms with Gasteiger partial charge in [-0.15, -0.1) is 10.2 Å². The number of para-hydroxylation sites is 1. The van der Waals surface area contributed by atoms with Crippen LogP contribution < -0.4 is 4.90 Å². The molecule has 4 nitrogen and oxygen atoms in total. The monoisotopic (exact) mass is 405 g/mol. The predicted molar refractivity (Wildman–Crippen MR) is 110 cm³/mol. The third kappa shape index (κ3) is 3.28. The van der Waals surface area contributed by atoms with E-state index in [0.29, 0.717) is 16.8 Å². The van der Waals surface area contributed by atoms with Crippen molar-refractivity contribution in [3.63, 3.8) is 0 Å². The number of fused-ring (bicyclic) bond motifs is 1. The molecule has 0 spiro atoms. The fraction of sp³-hybridized carbons (Fsp3) is 0.130. The van der Waals surface area contributed by atoms with Crippen LogP contribution in [0.2, 0.25) is 5.02 Å². The van der Waals surface area contributed by atoms with E-state index in [1.165, 1.54) is 17.7 Å². The van der Waals surface area contributed by atoms with Crippen molar-refractivity contribution in [3.8, 4) is 11.5 Å². The van der Waals surface area contributed by atoms with Crippen LogP contribution in [0.3, 0.4) is 0 Å². The molecule has 1 atom stereocenters. The molecule has 0 aliphatic carbocycles. The van der Waals surface area contributed by atoms with Gasteiger partial charge in [0, 0.05) is 28.4 Å². The third-order valence-electron chi connectivity index (χ3n) is 5.19. The van der Waals surface area contributed by atoms with Gasteiger partial charge < -0.3 is 9.32 Å². The average molecular weight is 406 g/mol. The number of aromatic nitrogens is 2. The minimum absolute atomic E-state index is 0.332. The lowest BCUT2D eigenvalue weighted by atomic mass is 10.0. The van der Waals surface area contributed by atoms with Gasteiger partial charge in [0.05, 0.1) is 0 Å². The van der Waals surface area contributed by atoms with E-state index in [2.05, 4.69) is 27.2 Å². The van der Waals surface area contributed by atoms with E-state index in [1.54, 1.807) is 6.07 Å². The summed E-state index contributed by atoms with van der Waals surface area (Å²) in [6, 6.07) is 21.8. The van der Waals surface area contributed by atoms with E-state index < -0.39 is 6.04 Å². The number of hydrogen-bond acceptors (Lipinski definition) is 4. The van der Waals surface area contributed by atoms with E-state index in [9.17, 15) is 4.39 Å². The molecule has 0 saturated carbocycles. The zero-order valence-corrected chi connectivity index (χ0v) is 16.2. The van der Waals surface area contributed by atoms with Crippen LogP contribution in [-0.4, -0.2) is 16.7 Å². The van der Waals surface area contributed by atoms with Crippen LogP contribution in [-0.2, 0) is 6.42 Å². The molecule has 1 aromatic heterocycles. The van der Waals surface area contributed by atoms with Crippen molar-refractivity contribution in [1.82, 2.24) is 10.2 Å². The summed E-state index contributed by atoms with van der Waals surface area (Å²) in [5.41, 5.74) is 3.92. The molecule has 1 aliphatic rings. The second-order valence-electron chi connectivity index (χ2n) is 6.95. The Morgan fingerprint density at radius 1 is 0.966 bits per heavy atom. The van der Waals surface area contributed by atoms with E-state index in [4.69, 9.17) is 16.0 Å². The number of anilines is 1. The lowest BCUT2D eigenvalue weighted by Gasteiger charge is -2.28. The molecular weight excluding hydrogens is 389 g/mol. The molecular formula is C23H17ClFN3O. The maximum Gasteiger partial charge on any atom is 0.247 e. The van der Waals surface area contributed by atoms with Gasteiger partial charge in [-0.2, -0.15) is 0 Å². The van der Waals surface area contributed by atoms with Crippen LogP contribution in [0.15, 0.2) is 77.2 Å². The number of halogens is 2. The topological polar surface area (TPSA) is 42.2 Å². The molecule has 0 radical (unpaired) electrons. The second kappa shape index (κ2) is 7.33. The van der Waals surface area contributed by atoms with Crippen molar-refractivity contribution in [3.05, 3.63) is 101 Å². The van der Waals surface area contributed by atoms with Crippen molar-refractivity contribution in [2.24, 2.45) is 0 Å². The summed E-state index contributed by atoms with van der Waals surface area (Å²) in [5, 5.41) is 8.92. The molecule has 0 N–H and O–H groups in total. The normalized spacial score (nSPS) is 14.1. The lowest BCUT2D eigenvalue weighted by Crippen LogP contribution is -2.28. The van der Waals surface area contributed by atoms with Gasteiger partial charge >= 0.3 is 0 Å². The predicted octanol–water partition coefficient (Wildman–Crippen LogP) is 5.68. The molecule has 29 heavy (non-hydrogen) atoms. The molecule has 0 fully saturated rings. The zero-order chi connectivity index (χ0) is 19.8. The highest BCUT2D eigenvalue weighted by molar-refractivity contribution is 6.31. The highest BCUT2D eigenvalue weighted by Crippen LogP contribution is 2.41. The van der Waals surface area contributed by atoms with Crippen molar-refractivity contribution in [2.45, 2.75) is 12.5 Å². The Kier molecular flexibility index (Phi) is 4.52. The van der Waals surface area contributed by atoms with Gasteiger partial charge in [0.1, 0.15) is 11.9 Å². The molecule has 0 saturated heterocycles. The van der Waals surface area contributed by atoms with Crippen LogP contribution in [0, 0.1) is 5.82 Å². The lowest BCUT2D eigenvalue weighted by molar-refractivity contribution is 0.471. The van der Waals surface area contributed by atoms with Crippen LogP contribution in [0.25, 0.3) is 11.5 Å². The van der Waals surface area contributed by atoms with Crippen LogP contribution >= 0.6 is 11.6 Å². The zero-order valence-electron chi connectivity index (χ0n) is 15.4. The van der Waals surface area contributed by atoms with Gasteiger partial charge in [0.25, 0.3) is 0 Å². The standard InChI is InChI=1S/C23H17ClFN3O/c24-19-14-17(25)10-11-18(19)21(28-13-12-15-6-4-5-9-20(15)28)23-27-26-22(29-23)16-7-2-1-3-8-16/h1-11,14,21H,12-13H2/t21-/m0/s1. The van der Waals surface area contributed by atoms with Gasteiger partial charge in [0.15, 0.2) is 0 Å². The number of rotatable bonds is 4. The van der Waals surface area contributed by atoms with Crippen molar-refractivity contribution in [2.75, 3.05) is 11.4 Å². The van der Waals surface area contributed by atoms with Crippen LogP contribution in [0.4, 0.5) is 10.1 Å². The van der Waals surface area contributed by atoms with Crippen molar-refractivity contribution in [1.29, 1.82) is 0 Å². The maximum absolute atomic E-state index is 13.7. The largest absolute Gasteiger partial charge is 0.418 e. The molecule has 3 aromatic carbocycles. The van der Waals surface area contributed by atoms with E-state index in [0.717, 1.165) is 29.8 Å².